The van der Waals surface area contributed by atoms with Crippen molar-refractivity contribution in [3.05, 3.63) is 53.6 Å². The van der Waals surface area contributed by atoms with Crippen molar-refractivity contribution in [3.8, 4) is 0 Å². The number of unbranched alkanes of at least 4 members (excludes halogenated alkanes) is 14. The van der Waals surface area contributed by atoms with Gasteiger partial charge in [0.25, 0.3) is 0 Å². The molecule has 3 fully saturated rings. The van der Waals surface area contributed by atoms with E-state index in [4.69, 9.17) is 37.5 Å². The number of carboxylic acids is 3. The molecule has 1 aromatic carbocycles. The van der Waals surface area contributed by atoms with Crippen LogP contribution in [0, 0.1) is 10.8 Å². The van der Waals surface area contributed by atoms with Crippen molar-refractivity contribution in [2.24, 2.45) is 22.2 Å². The highest BCUT2D eigenvalue weighted by molar-refractivity contribution is 6.01. The first-order chi connectivity index (χ1) is 72.0. The van der Waals surface area contributed by atoms with Crippen LogP contribution >= 0.6 is 0 Å². The molecule has 4 aliphatic heterocycles. The van der Waals surface area contributed by atoms with Gasteiger partial charge in [-0.25, -0.2) is 5.10 Å². The van der Waals surface area contributed by atoms with Gasteiger partial charge in [0.15, 0.2) is 11.9 Å². The van der Waals surface area contributed by atoms with Crippen LogP contribution in [0.5, 0.6) is 0 Å². The molecule has 2 aromatic heterocycles. The van der Waals surface area contributed by atoms with Crippen molar-refractivity contribution in [3.63, 3.8) is 0 Å². The van der Waals surface area contributed by atoms with Gasteiger partial charge in [-0.2, -0.15) is 0 Å². The van der Waals surface area contributed by atoms with Crippen molar-refractivity contribution < 1.29 is 116 Å². The molecule has 28 N–H and O–H groups in total. The van der Waals surface area contributed by atoms with E-state index in [9.17, 15) is 92.0 Å². The normalized spacial score (nSPS) is 18.8. The Labute approximate surface area is 869 Å². The number of hydrogen-bond acceptors (Lipinski definition) is 28. The highest BCUT2D eigenvalue weighted by Crippen LogP contribution is 2.28. The first-order valence-electron chi connectivity index (χ1n) is 51.9. The van der Waals surface area contributed by atoms with Crippen LogP contribution in [0.3, 0.4) is 0 Å². The third kappa shape index (κ3) is 47.4. The Morgan fingerprint density at radius 2 is 1.13 bits per heavy atom. The van der Waals surface area contributed by atoms with Gasteiger partial charge in [0, 0.05) is 120 Å². The number of H-pyrrole nitrogens is 2. The molecule has 16 amide bonds. The van der Waals surface area contributed by atoms with Crippen molar-refractivity contribution >= 4 is 141 Å². The van der Waals surface area contributed by atoms with E-state index in [-0.39, 0.29) is 207 Å². The molecule has 3 saturated heterocycles. The molecule has 830 valence electrons. The minimum atomic E-state index is -2.05. The predicted molar refractivity (Wildman–Crippen MR) is 544 cm³/mol. The number of aliphatic imine (C=N–C) groups is 1. The fourth-order valence-electron chi connectivity index (χ4n) is 17.9. The zero-order valence-corrected chi connectivity index (χ0v) is 85.4. The Morgan fingerprint density at radius 1 is 0.547 bits per heavy atom. The number of primary amides is 1. The number of carboxylic acid groups (broad SMARTS) is 3. The number of benzene rings is 1. The molecule has 0 radical (unpaired) electrons. The third-order valence-electron chi connectivity index (χ3n) is 25.7. The van der Waals surface area contributed by atoms with Gasteiger partial charge in [-0.15, -0.1) is 5.10 Å². The number of ether oxygens (including phenoxy) is 2. The van der Waals surface area contributed by atoms with Crippen LogP contribution in [0.2, 0.25) is 0 Å². The Morgan fingerprint density at radius 3 is 1.79 bits per heavy atom. The first-order valence-corrected chi connectivity index (χ1v) is 51.9. The summed E-state index contributed by atoms with van der Waals surface area (Å²) in [5, 5.41) is 98.6. The highest BCUT2D eigenvalue weighted by atomic mass is 16.5. The zero-order valence-electron chi connectivity index (χ0n) is 85.4. The number of carbonyl (C=O) groups is 19. The number of carbonyl (C=O) groups excluding carboxylic acids is 16. The fraction of sp³-hybridized carbons (Fsp3) is 0.660. The van der Waals surface area contributed by atoms with Gasteiger partial charge in [0.05, 0.1) is 45.9 Å². The number of aromatic nitrogens is 5. The van der Waals surface area contributed by atoms with Gasteiger partial charge in [0.2, 0.25) is 94.5 Å². The number of rotatable bonds is 64. The molecule has 0 aliphatic carbocycles. The van der Waals surface area contributed by atoms with Crippen LogP contribution in [-0.4, -0.2) is 351 Å². The number of hydrogen-bond donors (Lipinski definition) is 25. The second-order valence-corrected chi connectivity index (χ2v) is 37.7. The average molecular weight is 2110 g/mol. The number of nitrogens with one attached hydrogen (secondary N) is 19. The third-order valence-corrected chi connectivity index (χ3v) is 25.7. The molecule has 53 nitrogen and oxygen atoms in total. The molecule has 7 rings (SSSR count). The minimum absolute atomic E-state index is 0.0122. The van der Waals surface area contributed by atoms with E-state index in [1.165, 1.54) is 61.2 Å². The molecule has 3 aromatic rings. The molecule has 4 aliphatic rings. The molecule has 53 heteroatoms. The van der Waals surface area contributed by atoms with Gasteiger partial charge >= 0.3 is 17.9 Å². The summed E-state index contributed by atoms with van der Waals surface area (Å²) >= 11 is 0. The van der Waals surface area contributed by atoms with Crippen LogP contribution in [0.1, 0.15) is 243 Å². The maximum Gasteiger partial charge on any atom is 0.317 e. The summed E-state index contributed by atoms with van der Waals surface area (Å²) in [5.74, 6) is -17.7. The van der Waals surface area contributed by atoms with Gasteiger partial charge in [-0.05, 0) is 151 Å². The smallest absolute Gasteiger partial charge is 0.317 e. The quantitative estimate of drug-likeness (QED) is 0.0157. The predicted octanol–water partition coefficient (Wildman–Crippen LogP) is -2.59. The fourth-order valence-corrected chi connectivity index (χ4v) is 17.9. The van der Waals surface area contributed by atoms with Gasteiger partial charge < -0.3 is 137 Å². The Bertz CT molecular complexity index is 5010. The van der Waals surface area contributed by atoms with E-state index in [0.717, 1.165) is 56.2 Å². The lowest BCUT2D eigenvalue weighted by Gasteiger charge is -2.34. The number of para-hydroxylation sites is 1. The average Bonchev–Trinajstić information content (AvgIpc) is 1.63. The summed E-state index contributed by atoms with van der Waals surface area (Å²) in [5.41, 5.74) is 18.5. The number of fused-ring (bicyclic) bond motifs is 1. The first kappa shape index (κ1) is 123. The Balaban J connectivity index is 0.991. The molecule has 6 heterocycles. The Hall–Kier alpha value is -14.4. The number of guanidine groups is 2. The second kappa shape index (κ2) is 68.3. The molecule has 0 spiro atoms. The van der Waals surface area contributed by atoms with Crippen LogP contribution < -0.4 is 97.0 Å². The monoisotopic (exact) mass is 2110 g/mol. The molecule has 11 atom stereocenters. The van der Waals surface area contributed by atoms with Gasteiger partial charge in [-0.3, -0.25) is 112 Å². The second-order valence-electron chi connectivity index (χ2n) is 37.7. The lowest BCUT2D eigenvalue weighted by atomic mass is 10.0. The van der Waals surface area contributed by atoms with Crippen molar-refractivity contribution in [2.45, 2.75) is 311 Å². The van der Waals surface area contributed by atoms with E-state index in [1.807, 2.05) is 0 Å². The lowest BCUT2D eigenvalue weighted by molar-refractivity contribution is -0.148. The largest absolute Gasteiger partial charge is 0.481 e. The number of tetrazole rings is 1. The number of aromatic amines is 2. The highest BCUT2D eigenvalue weighted by Gasteiger charge is 2.46. The number of likely N-dealkylation sites (tertiary alicyclic amines) is 2. The summed E-state index contributed by atoms with van der Waals surface area (Å²) in [7, 11) is 0. The number of aryl methyl sites for hydroxylation is 1. The number of aliphatic carboxylic acids is 3. The molecule has 0 unspecified atom stereocenters. The molecule has 0 bridgehead atoms. The topological polar surface area (TPSA) is 802 Å². The summed E-state index contributed by atoms with van der Waals surface area (Å²) in [6.07, 6.45) is 19.0. The van der Waals surface area contributed by atoms with Crippen LogP contribution in [-0.2, 0) is 113 Å². The van der Waals surface area contributed by atoms with E-state index in [1.54, 1.807) is 42.8 Å². The van der Waals surface area contributed by atoms with Crippen LogP contribution in [0.25, 0.3) is 10.9 Å². The number of amides is 16. The van der Waals surface area contributed by atoms with Crippen molar-refractivity contribution in [1.82, 2.24) is 120 Å². The van der Waals surface area contributed by atoms with Gasteiger partial charge in [-0.1, -0.05) is 94.9 Å². The van der Waals surface area contributed by atoms with Crippen molar-refractivity contribution in [1.29, 1.82) is 10.8 Å². The lowest BCUT2D eigenvalue weighted by Crippen LogP contribution is -2.60. The zero-order chi connectivity index (χ0) is 109. The molecule has 0 saturated carbocycles. The summed E-state index contributed by atoms with van der Waals surface area (Å²) in [6.45, 7) is -0.970. The van der Waals surface area contributed by atoms with Crippen molar-refractivity contribution in [2.75, 3.05) is 98.4 Å². The minimum Gasteiger partial charge on any atom is -0.481 e. The number of nitrogens with zero attached hydrogens (tertiary/aromatic N) is 7. The number of allylic oxidation sites excluding steroid dienone is 1. The van der Waals surface area contributed by atoms with Gasteiger partial charge in [0.1, 0.15) is 78.9 Å². The molecule has 150 heavy (non-hydrogen) atoms. The molecular weight excluding hydrogens is 1960 g/mol. The maximum absolute atomic E-state index is 15.6. The van der Waals surface area contributed by atoms with E-state index < -0.39 is 211 Å². The SMILES string of the molecule is CC(=O)N[C@H]1CCC(=O)NCCC[C@@H](C(=O)N2CCC[C@H]2C(=O)N2CCC[C@H]2C(=O)N[C@@H](CCCNC(=N)N)C(=O)N[C@@H](CC(=O)O)C(=O)N[C@@H](CCCCN(CC(=O)O)CC(=O)O)C(=O)N[C@@H](CCCCNC(=O)COCCOCCNC(=O)CCCCCCCCCCCCCCCc2nnn[nH]2)C(N)=O)NC(=O)[C@H](Cc2c[nH]c3ccccc23)NC(=O)[C@H](CCCNC(=N)N)NC(=O)CNC(=O)[C@H](CC2=CCC=N2)NC1=O. The van der Waals surface area contributed by atoms with Crippen LogP contribution in [0.4, 0.5) is 0 Å². The molecular formula is C97H153N29O24. The Kier molecular flexibility index (Phi) is 55.7. The van der Waals surface area contributed by atoms with Crippen LogP contribution in [0.15, 0.2) is 47.2 Å². The summed E-state index contributed by atoms with van der Waals surface area (Å²) in [6, 6.07) is -9.78. The summed E-state index contributed by atoms with van der Waals surface area (Å²) in [4.78, 5) is 274. The number of nitrogens with two attached hydrogens (primary N) is 3. The standard InChI is InChI=1S/C97H153N29O24/c1-61(127)111-70-39-40-79(129)104-43-24-34-71(116-91(144)72(53-62-56-109-65-29-16-15-28-64(62)65)117-87(140)67(32-22-44-107-96(99)100)112-80(130)57-110-86(139)73(118-90(70)143)54-63-27-21-42-103-63)94(147)126-49-26-36-76(126)95(148)125-48-25-35-75(125)93(146)115-69(33-23-45-108-97(101)102)89(142)119-74(55-82(132)133)92(145)114-68(31-18-20-47-124(58-83(134)135)59-84(136)137)88(141)113-66(85(98)138)30-17-19-41-105-81(131)60-150-52-51-149-50-46-106-78(128)38-14-12-10-8-6-4-2-3-5-7-9-11-13-37-77-120-122-123-121-77/h15-16,27-29,42,56,66-76,109H,2-14,17-26,30-41,43-55,57-60H2,1H3,(H2,98,138)(H,104,129)(H,105,131)(H,106,128)(H,110,139)(H,111,127)(H,112,130)(H,113,141)(H,114,145)(H,115,146)(H,116,144)(H,117,140)(H,118,143)(H,119,142)(H,132,133)(H,134,135)(H,136,137)(H4,99,100,107)(H4,101,102,108)(H,120,121,122,123)/t66-,67-,68-,69-,70-,71-,72-,73-,74-,75-,76-/m0/s1. The maximum atomic E-state index is 15.6. The van der Waals surface area contributed by atoms with E-state index >= 15 is 14.4 Å². The van der Waals surface area contributed by atoms with E-state index in [0.29, 0.717) is 41.5 Å². The summed E-state index contributed by atoms with van der Waals surface area (Å²) < 4.78 is 11.0. The van der Waals surface area contributed by atoms with E-state index in [2.05, 4.69) is 110 Å².